The quantitative estimate of drug-likeness (QED) is 0.345. The van der Waals surface area contributed by atoms with E-state index in [1.165, 1.54) is 0 Å². The molecule has 1 aromatic heterocycles. The summed E-state index contributed by atoms with van der Waals surface area (Å²) in [6.45, 7) is 11.3. The molecule has 8 heteroatoms. The van der Waals surface area contributed by atoms with Crippen molar-refractivity contribution in [2.24, 2.45) is 0 Å². The van der Waals surface area contributed by atoms with Crippen LogP contribution in [0, 0.1) is 6.92 Å². The number of aromatic nitrogens is 2. The van der Waals surface area contributed by atoms with Gasteiger partial charge in [-0.25, -0.2) is 14.3 Å². The fraction of sp³-hybridized carbons (Fsp3) is 0.250. The second kappa shape index (κ2) is 10.5. The molecule has 2 heterocycles. The molecule has 0 fully saturated rings. The molecule has 36 heavy (non-hydrogen) atoms. The fourth-order valence-corrected chi connectivity index (χ4v) is 4.12. The van der Waals surface area contributed by atoms with Crippen LogP contribution in [0.1, 0.15) is 37.9 Å². The van der Waals surface area contributed by atoms with Gasteiger partial charge in [-0.3, -0.25) is 0 Å². The highest BCUT2D eigenvalue weighted by Crippen LogP contribution is 2.36. The number of rotatable bonds is 8. The minimum absolute atomic E-state index is 0.312. The number of ether oxygens (including phenoxy) is 2. The summed E-state index contributed by atoms with van der Waals surface area (Å²) < 4.78 is 13.0. The Morgan fingerprint density at radius 2 is 1.94 bits per heavy atom. The Morgan fingerprint density at radius 1 is 1.19 bits per heavy atom. The van der Waals surface area contributed by atoms with Crippen LogP contribution in [0.25, 0.3) is 16.9 Å². The van der Waals surface area contributed by atoms with Crippen molar-refractivity contribution in [1.82, 2.24) is 20.4 Å². The summed E-state index contributed by atoms with van der Waals surface area (Å²) in [5, 5.41) is 10.5. The van der Waals surface area contributed by atoms with Gasteiger partial charge in [0.25, 0.3) is 0 Å². The van der Waals surface area contributed by atoms with Crippen LogP contribution < -0.4 is 15.4 Å². The molecule has 8 nitrogen and oxygen atoms in total. The van der Waals surface area contributed by atoms with Gasteiger partial charge in [0.1, 0.15) is 12.4 Å². The molecule has 1 aliphatic rings. The minimum atomic E-state index is -0.755. The average Bonchev–Trinajstić information content (AvgIpc) is 3.28. The summed E-state index contributed by atoms with van der Waals surface area (Å²) in [6.07, 6.45) is 3.22. The summed E-state index contributed by atoms with van der Waals surface area (Å²) in [5.41, 5.74) is 4.67. The number of benzene rings is 2. The maximum Gasteiger partial charge on any atom is 0.338 e. The van der Waals surface area contributed by atoms with Gasteiger partial charge in [-0.05, 0) is 63.6 Å². The number of urea groups is 1. The van der Waals surface area contributed by atoms with Crippen LogP contribution in [0.15, 0.2) is 78.7 Å². The first kappa shape index (κ1) is 24.8. The SMILES string of the molecule is C=CCOc1ccc(-c2nn(-c3ccccc3)cc2[C@@H]2NC(=O)NC(C)=C2C(=O)OC(C)C)cc1C. The fourth-order valence-electron chi connectivity index (χ4n) is 4.12. The number of nitrogens with zero attached hydrogens (tertiary/aromatic N) is 2. The lowest BCUT2D eigenvalue weighted by atomic mass is 9.93. The van der Waals surface area contributed by atoms with Gasteiger partial charge < -0.3 is 20.1 Å². The van der Waals surface area contributed by atoms with E-state index in [9.17, 15) is 9.59 Å². The number of carbonyl (C=O) groups is 2. The Balaban J connectivity index is 1.87. The molecule has 0 aliphatic carbocycles. The summed E-state index contributed by atoms with van der Waals surface area (Å²) in [7, 11) is 0. The highest BCUT2D eigenvalue weighted by molar-refractivity contribution is 5.95. The van der Waals surface area contributed by atoms with Crippen molar-refractivity contribution in [3.05, 3.63) is 89.8 Å². The van der Waals surface area contributed by atoms with E-state index in [2.05, 4.69) is 17.2 Å². The van der Waals surface area contributed by atoms with Crippen molar-refractivity contribution in [2.45, 2.75) is 39.8 Å². The van der Waals surface area contributed by atoms with E-state index in [1.807, 2.05) is 61.7 Å². The Kier molecular flexibility index (Phi) is 7.24. The van der Waals surface area contributed by atoms with Gasteiger partial charge in [0.2, 0.25) is 0 Å². The largest absolute Gasteiger partial charge is 0.489 e. The van der Waals surface area contributed by atoms with Crippen molar-refractivity contribution in [3.63, 3.8) is 0 Å². The molecule has 2 N–H and O–H groups in total. The van der Waals surface area contributed by atoms with E-state index in [0.29, 0.717) is 29.1 Å². The molecule has 0 saturated carbocycles. The van der Waals surface area contributed by atoms with Crippen LogP contribution in [0.4, 0.5) is 4.79 Å². The topological polar surface area (TPSA) is 94.5 Å². The van der Waals surface area contributed by atoms with Crippen LogP contribution >= 0.6 is 0 Å². The predicted molar refractivity (Wildman–Crippen MR) is 138 cm³/mol. The van der Waals surface area contributed by atoms with Gasteiger partial charge in [-0.2, -0.15) is 5.10 Å². The standard InChI is InChI=1S/C28H30N4O4/c1-6-14-35-23-13-12-20(15-18(23)4)25-22(16-32(31-25)21-10-8-7-9-11-21)26-24(27(33)36-17(2)3)19(5)29-28(34)30-26/h6-13,15-17,26H,1,14H2,2-5H3,(H2,29,30,34)/t26-/m0/s1. The zero-order valence-electron chi connectivity index (χ0n) is 20.9. The Labute approximate surface area is 210 Å². The van der Waals surface area contributed by atoms with Gasteiger partial charge in [-0.1, -0.05) is 30.9 Å². The molecule has 0 spiro atoms. The van der Waals surface area contributed by atoms with E-state index < -0.39 is 18.0 Å². The van der Waals surface area contributed by atoms with E-state index >= 15 is 0 Å². The number of carbonyl (C=O) groups excluding carboxylic acids is 2. The molecule has 2 aromatic carbocycles. The minimum Gasteiger partial charge on any atom is -0.489 e. The Bertz CT molecular complexity index is 1320. The predicted octanol–water partition coefficient (Wildman–Crippen LogP) is 4.99. The maximum absolute atomic E-state index is 13.1. The Hall–Kier alpha value is -4.33. The first-order chi connectivity index (χ1) is 17.3. The summed E-state index contributed by atoms with van der Waals surface area (Å²) in [5.74, 6) is 0.248. The third kappa shape index (κ3) is 5.17. The van der Waals surface area contributed by atoms with Crippen LogP contribution in [0.3, 0.4) is 0 Å². The Morgan fingerprint density at radius 3 is 2.61 bits per heavy atom. The van der Waals surface area contributed by atoms with Crippen LogP contribution in [-0.2, 0) is 9.53 Å². The molecule has 1 atom stereocenters. The van der Waals surface area contributed by atoms with E-state index in [1.54, 1.807) is 31.5 Å². The summed E-state index contributed by atoms with van der Waals surface area (Å²) in [6, 6.07) is 14.3. The van der Waals surface area contributed by atoms with Crippen LogP contribution in [0.2, 0.25) is 0 Å². The number of aryl methyl sites for hydroxylation is 1. The number of hydrogen-bond acceptors (Lipinski definition) is 5. The van der Waals surface area contributed by atoms with Gasteiger partial charge in [-0.15, -0.1) is 0 Å². The van der Waals surface area contributed by atoms with E-state index in [4.69, 9.17) is 14.6 Å². The molecule has 0 unspecified atom stereocenters. The van der Waals surface area contributed by atoms with Crippen molar-refractivity contribution in [2.75, 3.05) is 6.61 Å². The molecule has 0 bridgehead atoms. The molecule has 4 rings (SSSR count). The molecule has 186 valence electrons. The van der Waals surface area contributed by atoms with E-state index in [0.717, 1.165) is 22.6 Å². The third-order valence-electron chi connectivity index (χ3n) is 5.71. The number of nitrogens with one attached hydrogen (secondary N) is 2. The van der Waals surface area contributed by atoms with Gasteiger partial charge in [0.05, 0.1) is 29.1 Å². The number of esters is 1. The van der Waals surface area contributed by atoms with E-state index in [-0.39, 0.29) is 6.10 Å². The van der Waals surface area contributed by atoms with Crippen molar-refractivity contribution in [3.8, 4) is 22.7 Å². The zero-order valence-corrected chi connectivity index (χ0v) is 20.9. The normalized spacial score (nSPS) is 15.4. The number of allylic oxidation sites excluding steroid dienone is 1. The molecule has 2 amide bonds. The molecular formula is C28H30N4O4. The first-order valence-corrected chi connectivity index (χ1v) is 11.8. The van der Waals surface area contributed by atoms with Crippen molar-refractivity contribution in [1.29, 1.82) is 0 Å². The van der Waals surface area contributed by atoms with Gasteiger partial charge >= 0.3 is 12.0 Å². The second-order valence-electron chi connectivity index (χ2n) is 8.82. The van der Waals surface area contributed by atoms with Crippen LogP contribution in [-0.4, -0.2) is 34.5 Å². The average molecular weight is 487 g/mol. The monoisotopic (exact) mass is 486 g/mol. The van der Waals surface area contributed by atoms with Crippen molar-refractivity contribution >= 4 is 12.0 Å². The first-order valence-electron chi connectivity index (χ1n) is 11.8. The molecular weight excluding hydrogens is 456 g/mol. The number of hydrogen-bond donors (Lipinski definition) is 2. The third-order valence-corrected chi connectivity index (χ3v) is 5.71. The molecule has 3 aromatic rings. The summed E-state index contributed by atoms with van der Waals surface area (Å²) in [4.78, 5) is 25.6. The molecule has 0 saturated heterocycles. The van der Waals surface area contributed by atoms with Gasteiger partial charge in [0, 0.05) is 23.0 Å². The van der Waals surface area contributed by atoms with Crippen LogP contribution in [0.5, 0.6) is 5.75 Å². The maximum atomic E-state index is 13.1. The number of para-hydroxylation sites is 1. The highest BCUT2D eigenvalue weighted by Gasteiger charge is 2.35. The lowest BCUT2D eigenvalue weighted by Crippen LogP contribution is -2.45. The summed E-state index contributed by atoms with van der Waals surface area (Å²) >= 11 is 0. The highest BCUT2D eigenvalue weighted by atomic mass is 16.5. The lowest BCUT2D eigenvalue weighted by Gasteiger charge is -2.28. The smallest absolute Gasteiger partial charge is 0.338 e. The molecule has 1 aliphatic heterocycles. The van der Waals surface area contributed by atoms with Gasteiger partial charge in [0.15, 0.2) is 0 Å². The zero-order chi connectivity index (χ0) is 25.8. The number of amides is 2. The second-order valence-corrected chi connectivity index (χ2v) is 8.82. The lowest BCUT2D eigenvalue weighted by molar-refractivity contribution is -0.143. The molecule has 0 radical (unpaired) electrons. The van der Waals surface area contributed by atoms with Crippen molar-refractivity contribution < 1.29 is 19.1 Å².